The Kier molecular flexibility index (Phi) is 7.75. The van der Waals surface area contributed by atoms with Crippen molar-refractivity contribution in [3.63, 3.8) is 0 Å². The molecule has 0 aliphatic carbocycles. The SMILES string of the molecule is CP(C)(=O)c1cccc(-c2ccc3c(-c4cccc(P(C)(C)=O)c4)c4ccccc4c(-c4cccc(P(C)(C)=O)c4)c3c2)c1. The lowest BCUT2D eigenvalue weighted by molar-refractivity contribution is 0.587. The minimum atomic E-state index is -2.50. The first-order valence-electron chi connectivity index (χ1n) is 14.7. The minimum absolute atomic E-state index is 0.844. The van der Waals surface area contributed by atoms with Gasteiger partial charge in [0.25, 0.3) is 0 Å². The first-order valence-corrected chi connectivity index (χ1v) is 22.5. The van der Waals surface area contributed by atoms with E-state index in [1.807, 2.05) is 69.1 Å². The van der Waals surface area contributed by atoms with E-state index in [1.54, 1.807) is 13.3 Å². The van der Waals surface area contributed by atoms with Crippen molar-refractivity contribution in [2.24, 2.45) is 0 Å². The lowest BCUT2D eigenvalue weighted by Gasteiger charge is -2.20. The number of benzene rings is 6. The number of fused-ring (bicyclic) bond motifs is 2. The molecule has 44 heavy (non-hydrogen) atoms. The molecule has 3 nitrogen and oxygen atoms in total. The Morgan fingerprint density at radius 2 is 0.705 bits per heavy atom. The fraction of sp³-hybridized carbons (Fsp3) is 0.158. The van der Waals surface area contributed by atoms with Crippen LogP contribution in [-0.4, -0.2) is 40.0 Å². The summed E-state index contributed by atoms with van der Waals surface area (Å²) in [6, 6.07) is 39.2. The van der Waals surface area contributed by atoms with Crippen LogP contribution in [0.15, 0.2) is 115 Å². The second-order valence-corrected chi connectivity index (χ2v) is 22.4. The van der Waals surface area contributed by atoms with Crippen LogP contribution in [0.25, 0.3) is 54.9 Å². The fourth-order valence-corrected chi connectivity index (χ4v) is 8.68. The first kappa shape index (κ1) is 30.6. The Labute approximate surface area is 260 Å². The molecule has 0 bridgehead atoms. The van der Waals surface area contributed by atoms with Crippen LogP contribution >= 0.6 is 21.4 Å². The van der Waals surface area contributed by atoms with Crippen molar-refractivity contribution in [3.8, 4) is 33.4 Å². The van der Waals surface area contributed by atoms with Gasteiger partial charge in [-0.15, -0.1) is 0 Å². The average molecular weight is 635 g/mol. The van der Waals surface area contributed by atoms with Gasteiger partial charge in [0.1, 0.15) is 21.4 Å². The molecule has 6 aromatic carbocycles. The highest BCUT2D eigenvalue weighted by atomic mass is 31.2. The molecule has 0 aliphatic heterocycles. The molecule has 0 spiro atoms. The van der Waals surface area contributed by atoms with Gasteiger partial charge in [-0.3, -0.25) is 0 Å². The van der Waals surface area contributed by atoms with Gasteiger partial charge < -0.3 is 13.7 Å². The molecule has 222 valence electrons. The maximum Gasteiger partial charge on any atom is 0.109 e. The molecular formula is C38H37O3P3. The highest BCUT2D eigenvalue weighted by molar-refractivity contribution is 7.70. The van der Waals surface area contributed by atoms with Crippen LogP contribution in [0, 0.1) is 0 Å². The van der Waals surface area contributed by atoms with Gasteiger partial charge in [-0.25, -0.2) is 0 Å². The predicted octanol–water partition coefficient (Wildman–Crippen LogP) is 9.74. The van der Waals surface area contributed by atoms with E-state index in [9.17, 15) is 13.7 Å². The Morgan fingerprint density at radius 3 is 1.16 bits per heavy atom. The standard InChI is InChI=1S/C38H37O3P3/c1-42(2,39)30-15-9-12-26(22-30)27-20-21-35-36(25-27)38(29-14-11-17-32(24-29)44(5,6)41)34-19-8-7-18-33(34)37(35)28-13-10-16-31(23-28)43(3,4)40/h7-25H,1-6H3. The largest absolute Gasteiger partial charge is 0.319 e. The second-order valence-electron chi connectivity index (χ2n) is 12.8. The van der Waals surface area contributed by atoms with E-state index < -0.39 is 21.4 Å². The third-order valence-corrected chi connectivity index (χ3v) is 12.9. The fourth-order valence-electron chi connectivity index (χ4n) is 5.99. The molecule has 0 atom stereocenters. The first-order chi connectivity index (χ1) is 20.7. The van der Waals surface area contributed by atoms with Crippen molar-refractivity contribution in [1.82, 2.24) is 0 Å². The van der Waals surface area contributed by atoms with Crippen LogP contribution in [0.1, 0.15) is 0 Å². The van der Waals surface area contributed by atoms with Crippen molar-refractivity contribution in [2.75, 3.05) is 40.0 Å². The molecule has 6 heteroatoms. The molecule has 0 aromatic heterocycles. The highest BCUT2D eigenvalue weighted by Gasteiger charge is 2.21. The van der Waals surface area contributed by atoms with E-state index in [-0.39, 0.29) is 0 Å². The van der Waals surface area contributed by atoms with Gasteiger partial charge in [-0.05, 0) is 119 Å². The average Bonchev–Trinajstić information content (AvgIpc) is 2.98. The van der Waals surface area contributed by atoms with Gasteiger partial charge in [0.15, 0.2) is 0 Å². The van der Waals surface area contributed by atoms with Gasteiger partial charge in [0.2, 0.25) is 0 Å². The molecule has 0 radical (unpaired) electrons. The van der Waals surface area contributed by atoms with Crippen LogP contribution in [0.5, 0.6) is 0 Å². The third-order valence-electron chi connectivity index (χ3n) is 8.34. The summed E-state index contributed by atoms with van der Waals surface area (Å²) in [6.45, 7) is 10.8. The third kappa shape index (κ3) is 5.82. The summed E-state index contributed by atoms with van der Waals surface area (Å²) in [4.78, 5) is 0. The van der Waals surface area contributed by atoms with E-state index in [4.69, 9.17) is 0 Å². The molecule has 0 aliphatic rings. The summed E-state index contributed by atoms with van der Waals surface area (Å²) in [5.74, 6) is 0. The smallest absolute Gasteiger partial charge is 0.109 e. The summed E-state index contributed by atoms with van der Waals surface area (Å²) in [7, 11) is -7.42. The maximum atomic E-state index is 13.2. The molecule has 0 unspecified atom stereocenters. The van der Waals surface area contributed by atoms with Crippen LogP contribution in [0.3, 0.4) is 0 Å². The lowest BCUT2D eigenvalue weighted by atomic mass is 9.85. The Hall–Kier alpha value is -3.47. The van der Waals surface area contributed by atoms with Gasteiger partial charge in [-0.1, -0.05) is 91.0 Å². The molecule has 6 aromatic rings. The van der Waals surface area contributed by atoms with Crippen LogP contribution < -0.4 is 15.9 Å². The quantitative estimate of drug-likeness (QED) is 0.135. The van der Waals surface area contributed by atoms with Gasteiger partial charge in [-0.2, -0.15) is 0 Å². The number of rotatable bonds is 6. The van der Waals surface area contributed by atoms with Crippen molar-refractivity contribution >= 4 is 58.9 Å². The molecule has 0 N–H and O–H groups in total. The summed E-state index contributed by atoms with van der Waals surface area (Å²) >= 11 is 0. The number of hydrogen-bond donors (Lipinski definition) is 0. The normalized spacial score (nSPS) is 12.6. The Balaban J connectivity index is 1.75. The van der Waals surface area contributed by atoms with E-state index in [0.29, 0.717) is 0 Å². The zero-order valence-electron chi connectivity index (χ0n) is 26.0. The zero-order valence-corrected chi connectivity index (χ0v) is 28.7. The minimum Gasteiger partial charge on any atom is -0.319 e. The molecule has 0 heterocycles. The van der Waals surface area contributed by atoms with Crippen LogP contribution in [0.2, 0.25) is 0 Å². The maximum absolute atomic E-state index is 13.2. The second kappa shape index (κ2) is 11.2. The van der Waals surface area contributed by atoms with E-state index in [2.05, 4.69) is 72.8 Å². The highest BCUT2D eigenvalue weighted by Crippen LogP contribution is 2.46. The molecule has 0 fully saturated rings. The molecule has 0 saturated carbocycles. The van der Waals surface area contributed by atoms with E-state index in [0.717, 1.165) is 70.8 Å². The van der Waals surface area contributed by atoms with E-state index in [1.165, 1.54) is 0 Å². The molecular weight excluding hydrogens is 597 g/mol. The summed E-state index contributed by atoms with van der Waals surface area (Å²) in [5, 5.41) is 6.88. The Morgan fingerprint density at radius 1 is 0.341 bits per heavy atom. The van der Waals surface area contributed by atoms with Crippen molar-refractivity contribution in [2.45, 2.75) is 0 Å². The van der Waals surface area contributed by atoms with Crippen LogP contribution in [-0.2, 0) is 13.7 Å². The van der Waals surface area contributed by atoms with Gasteiger partial charge >= 0.3 is 0 Å². The predicted molar refractivity (Wildman–Crippen MR) is 195 cm³/mol. The number of hydrogen-bond acceptors (Lipinski definition) is 3. The zero-order chi connectivity index (χ0) is 31.4. The van der Waals surface area contributed by atoms with Gasteiger partial charge in [0.05, 0.1) is 0 Å². The van der Waals surface area contributed by atoms with Crippen molar-refractivity contribution < 1.29 is 13.7 Å². The van der Waals surface area contributed by atoms with Crippen LogP contribution in [0.4, 0.5) is 0 Å². The lowest BCUT2D eigenvalue weighted by Crippen LogP contribution is -2.04. The molecule has 0 amide bonds. The van der Waals surface area contributed by atoms with E-state index >= 15 is 0 Å². The van der Waals surface area contributed by atoms with Gasteiger partial charge in [0, 0.05) is 15.9 Å². The topological polar surface area (TPSA) is 51.2 Å². The monoisotopic (exact) mass is 634 g/mol. The summed E-state index contributed by atoms with van der Waals surface area (Å²) < 4.78 is 39.3. The van der Waals surface area contributed by atoms with Crippen molar-refractivity contribution in [3.05, 3.63) is 115 Å². The molecule has 0 saturated heterocycles. The summed E-state index contributed by atoms with van der Waals surface area (Å²) in [5.41, 5.74) is 6.24. The Bertz CT molecular complexity index is 2230. The molecule has 6 rings (SSSR count). The summed E-state index contributed by atoms with van der Waals surface area (Å²) in [6.07, 6.45) is 0. The van der Waals surface area contributed by atoms with Crippen molar-refractivity contribution in [1.29, 1.82) is 0 Å².